The van der Waals surface area contributed by atoms with Crippen LogP contribution in [0.2, 0.25) is 0 Å². The lowest BCUT2D eigenvalue weighted by Gasteiger charge is -2.29. The van der Waals surface area contributed by atoms with E-state index in [1.807, 2.05) is 0 Å². The fourth-order valence-corrected chi connectivity index (χ4v) is 4.51. The van der Waals surface area contributed by atoms with Gasteiger partial charge in [0.2, 0.25) is 5.91 Å². The highest BCUT2D eigenvalue weighted by Gasteiger charge is 2.42. The molecule has 0 aromatic heterocycles. The van der Waals surface area contributed by atoms with Gasteiger partial charge in [0.05, 0.1) is 6.04 Å². The number of nitrogens with one attached hydrogen (secondary N) is 2. The maximum atomic E-state index is 12.4. The predicted molar refractivity (Wildman–Crippen MR) is 85.1 cm³/mol. The van der Waals surface area contributed by atoms with Gasteiger partial charge in [-0.2, -0.15) is 0 Å². The topological polar surface area (TPSA) is 44.4 Å². The molecule has 0 aromatic rings. The van der Waals surface area contributed by atoms with Crippen LogP contribution < -0.4 is 10.6 Å². The Morgan fingerprint density at radius 3 is 2.86 bits per heavy atom. The number of hydrogen-bond donors (Lipinski definition) is 2. The van der Waals surface area contributed by atoms with Gasteiger partial charge in [-0.05, 0) is 63.1 Å². The molecule has 1 saturated carbocycles. The molecule has 1 aliphatic carbocycles. The van der Waals surface area contributed by atoms with Gasteiger partial charge in [-0.3, -0.25) is 4.79 Å². The smallest absolute Gasteiger partial charge is 0.237 e. The Morgan fingerprint density at radius 2 is 2.05 bits per heavy atom. The Balaban J connectivity index is 1.38. The molecule has 4 atom stereocenters. The van der Waals surface area contributed by atoms with Crippen molar-refractivity contribution in [1.29, 1.82) is 0 Å². The Morgan fingerprint density at radius 1 is 1.24 bits per heavy atom. The standard InChI is InChI=1S/C17H31N3O/c1-13(12-20-8-3-2-4-9-20)10-19-17(21)16-15-7-5-6-14(15)11-18-16/h13-16,18H,2-12H2,1H3,(H,19,21). The fraction of sp³-hybridized carbons (Fsp3) is 0.941. The van der Waals surface area contributed by atoms with Gasteiger partial charge in [-0.25, -0.2) is 0 Å². The first kappa shape index (κ1) is 15.3. The Hall–Kier alpha value is -0.610. The van der Waals surface area contributed by atoms with E-state index in [0.717, 1.165) is 25.6 Å². The van der Waals surface area contributed by atoms with E-state index in [4.69, 9.17) is 0 Å². The molecule has 0 radical (unpaired) electrons. The van der Waals surface area contributed by atoms with Gasteiger partial charge < -0.3 is 15.5 Å². The minimum absolute atomic E-state index is 0.0830. The van der Waals surface area contributed by atoms with Gasteiger partial charge >= 0.3 is 0 Å². The first-order valence-corrected chi connectivity index (χ1v) is 8.97. The summed E-state index contributed by atoms with van der Waals surface area (Å²) in [7, 11) is 0. The number of amides is 1. The van der Waals surface area contributed by atoms with Gasteiger partial charge in [0, 0.05) is 13.1 Å². The van der Waals surface area contributed by atoms with E-state index in [2.05, 4.69) is 22.5 Å². The van der Waals surface area contributed by atoms with Crippen LogP contribution in [-0.2, 0) is 4.79 Å². The van der Waals surface area contributed by atoms with Crippen molar-refractivity contribution < 1.29 is 4.79 Å². The average molecular weight is 293 g/mol. The summed E-state index contributed by atoms with van der Waals surface area (Å²) in [4.78, 5) is 15.0. The number of likely N-dealkylation sites (tertiary alicyclic amines) is 1. The molecule has 2 saturated heterocycles. The zero-order chi connectivity index (χ0) is 14.7. The molecule has 2 aliphatic heterocycles. The third-order valence-electron chi connectivity index (χ3n) is 5.67. The molecule has 3 aliphatic rings. The molecule has 2 N–H and O–H groups in total. The summed E-state index contributed by atoms with van der Waals surface area (Å²) in [5.41, 5.74) is 0. The second-order valence-electron chi connectivity index (χ2n) is 7.45. The molecule has 0 bridgehead atoms. The lowest BCUT2D eigenvalue weighted by atomic mass is 9.93. The van der Waals surface area contributed by atoms with Crippen LogP contribution >= 0.6 is 0 Å². The minimum atomic E-state index is 0.0830. The summed E-state index contributed by atoms with van der Waals surface area (Å²) in [6.45, 7) is 7.75. The Kier molecular flexibility index (Phi) is 5.17. The predicted octanol–water partition coefficient (Wildman–Crippen LogP) is 1.61. The Bertz CT molecular complexity index is 354. The van der Waals surface area contributed by atoms with Gasteiger partial charge in [-0.1, -0.05) is 19.8 Å². The van der Waals surface area contributed by atoms with E-state index in [1.54, 1.807) is 0 Å². The number of fused-ring (bicyclic) bond motifs is 1. The number of rotatable bonds is 5. The third kappa shape index (κ3) is 3.78. The van der Waals surface area contributed by atoms with Crippen LogP contribution in [0.25, 0.3) is 0 Å². The van der Waals surface area contributed by atoms with Crippen LogP contribution in [0.5, 0.6) is 0 Å². The van der Waals surface area contributed by atoms with Crippen LogP contribution in [-0.4, -0.2) is 49.6 Å². The fourth-order valence-electron chi connectivity index (χ4n) is 4.51. The summed E-state index contributed by atoms with van der Waals surface area (Å²) < 4.78 is 0. The first-order chi connectivity index (χ1) is 10.2. The van der Waals surface area contributed by atoms with E-state index in [9.17, 15) is 4.79 Å². The molecule has 1 amide bonds. The summed E-state index contributed by atoms with van der Waals surface area (Å²) in [5, 5.41) is 6.64. The largest absolute Gasteiger partial charge is 0.354 e. The first-order valence-electron chi connectivity index (χ1n) is 8.97. The molecule has 3 fully saturated rings. The van der Waals surface area contributed by atoms with Crippen LogP contribution in [0.4, 0.5) is 0 Å². The highest BCUT2D eigenvalue weighted by atomic mass is 16.2. The van der Waals surface area contributed by atoms with Crippen molar-refractivity contribution in [2.45, 2.75) is 51.5 Å². The lowest BCUT2D eigenvalue weighted by Crippen LogP contribution is -2.46. The van der Waals surface area contributed by atoms with Crippen LogP contribution in [0.3, 0.4) is 0 Å². The van der Waals surface area contributed by atoms with E-state index < -0.39 is 0 Å². The number of carbonyl (C=O) groups is 1. The molecule has 21 heavy (non-hydrogen) atoms. The quantitative estimate of drug-likeness (QED) is 0.809. The van der Waals surface area contributed by atoms with E-state index >= 15 is 0 Å². The lowest BCUT2D eigenvalue weighted by molar-refractivity contribution is -0.124. The van der Waals surface area contributed by atoms with E-state index in [-0.39, 0.29) is 11.9 Å². The normalized spacial score (nSPS) is 34.6. The molecule has 120 valence electrons. The van der Waals surface area contributed by atoms with Crippen molar-refractivity contribution in [3.8, 4) is 0 Å². The van der Waals surface area contributed by atoms with Gasteiger partial charge in [0.1, 0.15) is 0 Å². The molecule has 4 nitrogen and oxygen atoms in total. The van der Waals surface area contributed by atoms with Crippen molar-refractivity contribution in [2.24, 2.45) is 17.8 Å². The van der Waals surface area contributed by atoms with Crippen molar-refractivity contribution in [1.82, 2.24) is 15.5 Å². The second-order valence-corrected chi connectivity index (χ2v) is 7.45. The van der Waals surface area contributed by atoms with Crippen molar-refractivity contribution >= 4 is 5.91 Å². The maximum Gasteiger partial charge on any atom is 0.237 e. The van der Waals surface area contributed by atoms with Gasteiger partial charge in [0.15, 0.2) is 0 Å². The molecular weight excluding hydrogens is 262 g/mol. The van der Waals surface area contributed by atoms with Crippen LogP contribution in [0.15, 0.2) is 0 Å². The molecule has 2 heterocycles. The summed E-state index contributed by atoms with van der Waals surface area (Å²) in [6.07, 6.45) is 7.93. The second kappa shape index (κ2) is 7.10. The summed E-state index contributed by atoms with van der Waals surface area (Å²) >= 11 is 0. The summed E-state index contributed by atoms with van der Waals surface area (Å²) in [6, 6.07) is 0.0830. The monoisotopic (exact) mass is 293 g/mol. The zero-order valence-electron chi connectivity index (χ0n) is 13.4. The highest BCUT2D eigenvalue weighted by Crippen LogP contribution is 2.37. The minimum Gasteiger partial charge on any atom is -0.354 e. The molecule has 4 unspecified atom stereocenters. The maximum absolute atomic E-state index is 12.4. The molecule has 3 rings (SSSR count). The van der Waals surface area contributed by atoms with Crippen molar-refractivity contribution in [2.75, 3.05) is 32.7 Å². The van der Waals surface area contributed by atoms with Crippen LogP contribution in [0, 0.1) is 17.8 Å². The van der Waals surface area contributed by atoms with Crippen molar-refractivity contribution in [3.63, 3.8) is 0 Å². The zero-order valence-corrected chi connectivity index (χ0v) is 13.4. The highest BCUT2D eigenvalue weighted by molar-refractivity contribution is 5.82. The third-order valence-corrected chi connectivity index (χ3v) is 5.67. The number of hydrogen-bond acceptors (Lipinski definition) is 3. The van der Waals surface area contributed by atoms with Gasteiger partial charge in [-0.15, -0.1) is 0 Å². The average Bonchev–Trinajstić information content (AvgIpc) is 3.08. The summed E-state index contributed by atoms with van der Waals surface area (Å²) in [5.74, 6) is 2.15. The molecular formula is C17H31N3O. The van der Waals surface area contributed by atoms with Gasteiger partial charge in [0.25, 0.3) is 0 Å². The number of carbonyl (C=O) groups excluding carboxylic acids is 1. The van der Waals surface area contributed by atoms with E-state index in [1.165, 1.54) is 51.6 Å². The van der Waals surface area contributed by atoms with Crippen molar-refractivity contribution in [3.05, 3.63) is 0 Å². The number of nitrogens with zero attached hydrogens (tertiary/aromatic N) is 1. The molecule has 0 spiro atoms. The van der Waals surface area contributed by atoms with Crippen LogP contribution in [0.1, 0.15) is 45.4 Å². The SMILES string of the molecule is CC(CNC(=O)C1NCC2CCCC21)CN1CCCCC1. The Labute approximate surface area is 129 Å². The molecule has 0 aromatic carbocycles. The number of piperidine rings is 1. The molecule has 4 heteroatoms. The van der Waals surface area contributed by atoms with E-state index in [0.29, 0.717) is 11.8 Å².